The molecule has 0 rings (SSSR count). The molecule has 0 aromatic rings. The van der Waals surface area contributed by atoms with Crippen LogP contribution in [0.3, 0.4) is 0 Å². The standard InChI is InChI=1S/C16H32N2O4/c1-10(17-14(22)16(5,6)7)13(21)18-11(9-19)8-12(20)15(2,3)4/h10-12,19-20H,8-9H2,1-7H3,(H,17,22)(H,18,21)/t10-,11+,12+/m0/s1. The third kappa shape index (κ3) is 7.22. The number of aliphatic hydroxyl groups is 2. The fourth-order valence-corrected chi connectivity index (χ4v) is 1.61. The Kier molecular flexibility index (Phi) is 7.51. The van der Waals surface area contributed by atoms with Gasteiger partial charge in [-0.25, -0.2) is 0 Å². The van der Waals surface area contributed by atoms with Gasteiger partial charge in [-0.05, 0) is 18.8 Å². The first-order chi connectivity index (χ1) is 9.78. The quantitative estimate of drug-likeness (QED) is 0.583. The molecule has 0 aliphatic rings. The molecule has 0 aromatic carbocycles. The number of rotatable bonds is 6. The lowest BCUT2D eigenvalue weighted by Crippen LogP contribution is -2.52. The molecule has 22 heavy (non-hydrogen) atoms. The van der Waals surface area contributed by atoms with E-state index in [-0.39, 0.29) is 30.3 Å². The van der Waals surface area contributed by atoms with Crippen LogP contribution in [0.25, 0.3) is 0 Å². The molecule has 0 aromatic heterocycles. The van der Waals surface area contributed by atoms with E-state index in [1.54, 1.807) is 27.7 Å². The van der Waals surface area contributed by atoms with Crippen molar-refractivity contribution in [1.29, 1.82) is 0 Å². The number of amides is 2. The minimum atomic E-state index is -0.701. The van der Waals surface area contributed by atoms with Crippen LogP contribution in [0.15, 0.2) is 0 Å². The van der Waals surface area contributed by atoms with E-state index < -0.39 is 23.6 Å². The highest BCUT2D eigenvalue weighted by molar-refractivity contribution is 5.89. The van der Waals surface area contributed by atoms with E-state index in [4.69, 9.17) is 0 Å². The lowest BCUT2D eigenvalue weighted by atomic mass is 9.85. The average Bonchev–Trinajstić information content (AvgIpc) is 2.34. The largest absolute Gasteiger partial charge is 0.394 e. The van der Waals surface area contributed by atoms with Crippen LogP contribution in [0.4, 0.5) is 0 Å². The number of carbonyl (C=O) groups is 2. The zero-order chi connectivity index (χ0) is 17.7. The van der Waals surface area contributed by atoms with Crippen molar-refractivity contribution in [2.75, 3.05) is 6.61 Å². The highest BCUT2D eigenvalue weighted by Gasteiger charge is 2.28. The monoisotopic (exact) mass is 316 g/mol. The van der Waals surface area contributed by atoms with Crippen molar-refractivity contribution in [1.82, 2.24) is 10.6 Å². The van der Waals surface area contributed by atoms with Crippen LogP contribution in [0.2, 0.25) is 0 Å². The van der Waals surface area contributed by atoms with Crippen LogP contribution in [0.5, 0.6) is 0 Å². The molecule has 0 bridgehead atoms. The van der Waals surface area contributed by atoms with Crippen LogP contribution in [0, 0.1) is 10.8 Å². The predicted octanol–water partition coefficient (Wildman–Crippen LogP) is 0.811. The zero-order valence-electron chi connectivity index (χ0n) is 14.9. The summed E-state index contributed by atoms with van der Waals surface area (Å²) in [6, 6.07) is -1.25. The highest BCUT2D eigenvalue weighted by Crippen LogP contribution is 2.22. The predicted molar refractivity (Wildman–Crippen MR) is 86.2 cm³/mol. The molecule has 0 radical (unpaired) electrons. The van der Waals surface area contributed by atoms with Crippen LogP contribution in [-0.2, 0) is 9.59 Å². The lowest BCUT2D eigenvalue weighted by molar-refractivity contribution is -0.133. The molecule has 3 atom stereocenters. The Balaban J connectivity index is 4.57. The van der Waals surface area contributed by atoms with Gasteiger partial charge in [-0.3, -0.25) is 9.59 Å². The Bertz CT molecular complexity index is 383. The van der Waals surface area contributed by atoms with Crippen LogP contribution < -0.4 is 10.6 Å². The van der Waals surface area contributed by atoms with E-state index in [9.17, 15) is 19.8 Å². The molecule has 0 spiro atoms. The summed E-state index contributed by atoms with van der Waals surface area (Å²) in [6.07, 6.45) is -0.393. The molecule has 0 aliphatic carbocycles. The van der Waals surface area contributed by atoms with E-state index >= 15 is 0 Å². The summed E-state index contributed by atoms with van der Waals surface area (Å²) in [5.41, 5.74) is -0.905. The topological polar surface area (TPSA) is 98.7 Å². The third-order valence-corrected chi connectivity index (χ3v) is 3.50. The van der Waals surface area contributed by atoms with Gasteiger partial charge in [0.25, 0.3) is 0 Å². The Morgan fingerprint density at radius 1 is 1.05 bits per heavy atom. The first kappa shape index (κ1) is 20.9. The minimum Gasteiger partial charge on any atom is -0.394 e. The fourth-order valence-electron chi connectivity index (χ4n) is 1.61. The van der Waals surface area contributed by atoms with Crippen molar-refractivity contribution in [2.24, 2.45) is 10.8 Å². The van der Waals surface area contributed by atoms with Crippen LogP contribution >= 0.6 is 0 Å². The second kappa shape index (κ2) is 7.92. The van der Waals surface area contributed by atoms with Crippen molar-refractivity contribution in [2.45, 2.75) is 73.1 Å². The summed E-state index contributed by atoms with van der Waals surface area (Å²) >= 11 is 0. The van der Waals surface area contributed by atoms with Gasteiger partial charge in [-0.2, -0.15) is 0 Å². The number of nitrogens with one attached hydrogen (secondary N) is 2. The van der Waals surface area contributed by atoms with Gasteiger partial charge in [0.15, 0.2) is 0 Å². The van der Waals surface area contributed by atoms with Crippen molar-refractivity contribution < 1.29 is 19.8 Å². The molecular weight excluding hydrogens is 284 g/mol. The first-order valence-corrected chi connectivity index (χ1v) is 7.69. The molecule has 130 valence electrons. The maximum Gasteiger partial charge on any atom is 0.242 e. The van der Waals surface area contributed by atoms with Gasteiger partial charge in [0.1, 0.15) is 6.04 Å². The minimum absolute atomic E-state index is 0.217. The normalized spacial score (nSPS) is 16.6. The van der Waals surface area contributed by atoms with Crippen molar-refractivity contribution in [3.05, 3.63) is 0 Å². The summed E-state index contributed by atoms with van der Waals surface area (Å²) in [4.78, 5) is 24.0. The van der Waals surface area contributed by atoms with Gasteiger partial charge in [0.05, 0.1) is 18.8 Å². The first-order valence-electron chi connectivity index (χ1n) is 7.69. The lowest BCUT2D eigenvalue weighted by Gasteiger charge is -2.30. The van der Waals surface area contributed by atoms with E-state index in [1.807, 2.05) is 20.8 Å². The summed E-state index contributed by atoms with van der Waals surface area (Å²) in [5.74, 6) is -0.594. The maximum atomic E-state index is 12.1. The molecule has 6 nitrogen and oxygen atoms in total. The van der Waals surface area contributed by atoms with Crippen molar-refractivity contribution in [3.63, 3.8) is 0 Å². The van der Waals surface area contributed by atoms with Gasteiger partial charge < -0.3 is 20.8 Å². The SMILES string of the molecule is C[C@H](NC(=O)C(C)(C)C)C(=O)N[C@@H](CO)C[C@@H](O)C(C)(C)C. The molecular formula is C16H32N2O4. The van der Waals surface area contributed by atoms with Crippen LogP contribution in [-0.4, -0.2) is 46.8 Å². The van der Waals surface area contributed by atoms with Crippen molar-refractivity contribution >= 4 is 11.8 Å². The molecule has 0 heterocycles. The molecule has 4 N–H and O–H groups in total. The zero-order valence-corrected chi connectivity index (χ0v) is 14.9. The van der Waals surface area contributed by atoms with Crippen molar-refractivity contribution in [3.8, 4) is 0 Å². The number of hydrogen-bond acceptors (Lipinski definition) is 4. The molecule has 0 aliphatic heterocycles. The van der Waals surface area contributed by atoms with Gasteiger partial charge in [0, 0.05) is 5.41 Å². The van der Waals surface area contributed by atoms with Gasteiger partial charge in [0.2, 0.25) is 11.8 Å². The number of carbonyl (C=O) groups excluding carboxylic acids is 2. The maximum absolute atomic E-state index is 12.1. The van der Waals surface area contributed by atoms with Crippen LogP contribution in [0.1, 0.15) is 54.9 Å². The third-order valence-electron chi connectivity index (χ3n) is 3.50. The van der Waals surface area contributed by atoms with E-state index in [0.29, 0.717) is 0 Å². The molecule has 0 unspecified atom stereocenters. The number of hydrogen-bond donors (Lipinski definition) is 4. The second-order valence-electron chi connectivity index (χ2n) is 7.95. The molecule has 0 saturated heterocycles. The van der Waals surface area contributed by atoms with Gasteiger partial charge >= 0.3 is 0 Å². The highest BCUT2D eigenvalue weighted by atomic mass is 16.3. The summed E-state index contributed by atoms with van der Waals surface area (Å²) in [7, 11) is 0. The number of aliphatic hydroxyl groups excluding tert-OH is 2. The summed E-state index contributed by atoms with van der Waals surface area (Å²) in [6.45, 7) is 12.3. The van der Waals surface area contributed by atoms with Gasteiger partial charge in [-0.15, -0.1) is 0 Å². The van der Waals surface area contributed by atoms with Gasteiger partial charge in [-0.1, -0.05) is 41.5 Å². The Morgan fingerprint density at radius 2 is 1.55 bits per heavy atom. The Morgan fingerprint density at radius 3 is 1.91 bits per heavy atom. The fraction of sp³-hybridized carbons (Fsp3) is 0.875. The summed E-state index contributed by atoms with van der Waals surface area (Å²) < 4.78 is 0. The molecule has 2 amide bonds. The van der Waals surface area contributed by atoms with E-state index in [2.05, 4.69) is 10.6 Å². The molecule has 6 heteroatoms. The van der Waals surface area contributed by atoms with E-state index in [0.717, 1.165) is 0 Å². The smallest absolute Gasteiger partial charge is 0.242 e. The second-order valence-corrected chi connectivity index (χ2v) is 7.95. The Labute approximate surface area is 133 Å². The average molecular weight is 316 g/mol. The molecule has 0 saturated carbocycles. The van der Waals surface area contributed by atoms with E-state index in [1.165, 1.54) is 0 Å². The molecule has 0 fully saturated rings. The Hall–Kier alpha value is -1.14. The summed E-state index contributed by atoms with van der Waals surface area (Å²) in [5, 5.41) is 24.7.